The zero-order chi connectivity index (χ0) is 19.4. The molecule has 1 fully saturated rings. The molecule has 146 valence electrons. The van der Waals surface area contributed by atoms with Gasteiger partial charge in [-0.1, -0.05) is 17.7 Å². The molecule has 0 bridgehead atoms. The van der Waals surface area contributed by atoms with Crippen molar-refractivity contribution in [1.82, 2.24) is 9.29 Å². The smallest absolute Gasteiger partial charge is 0.244 e. The molecule has 2 aromatic rings. The van der Waals surface area contributed by atoms with E-state index in [4.69, 9.17) is 9.47 Å². The highest BCUT2D eigenvalue weighted by molar-refractivity contribution is 7.89. The second-order valence-electron chi connectivity index (χ2n) is 6.54. The topological polar surface area (TPSA) is 72.0 Å². The Morgan fingerprint density at radius 3 is 2.59 bits per heavy atom. The third kappa shape index (κ3) is 4.40. The number of benzene rings is 1. The van der Waals surface area contributed by atoms with E-state index in [9.17, 15) is 8.42 Å². The molecule has 7 nitrogen and oxygen atoms in total. The van der Waals surface area contributed by atoms with Crippen LogP contribution in [0.3, 0.4) is 0 Å². The minimum absolute atomic E-state index is 0.203. The van der Waals surface area contributed by atoms with Gasteiger partial charge >= 0.3 is 0 Å². The summed E-state index contributed by atoms with van der Waals surface area (Å²) in [5, 5.41) is 0. The number of morpholine rings is 1. The molecule has 0 saturated carbocycles. The van der Waals surface area contributed by atoms with E-state index in [0.29, 0.717) is 38.7 Å². The van der Waals surface area contributed by atoms with Gasteiger partial charge in [0.15, 0.2) is 0 Å². The first-order valence-electron chi connectivity index (χ1n) is 8.80. The molecule has 0 aliphatic carbocycles. The van der Waals surface area contributed by atoms with Gasteiger partial charge in [-0.2, -0.15) is 4.31 Å². The minimum Gasteiger partial charge on any atom is -0.496 e. The van der Waals surface area contributed by atoms with Crippen molar-refractivity contribution in [3.63, 3.8) is 0 Å². The summed E-state index contributed by atoms with van der Waals surface area (Å²) in [5.74, 6) is 1.51. The molecule has 1 aromatic heterocycles. The highest BCUT2D eigenvalue weighted by atomic mass is 32.2. The number of aryl methyl sites for hydroxylation is 1. The van der Waals surface area contributed by atoms with Crippen molar-refractivity contribution in [2.75, 3.05) is 45.4 Å². The van der Waals surface area contributed by atoms with Crippen molar-refractivity contribution in [2.45, 2.75) is 18.4 Å². The SMILES string of the molecule is COc1ccc(C)cc1CN(C)c1ccc(S(=O)(=O)N2CCOCC2)cn1. The van der Waals surface area contributed by atoms with Crippen molar-refractivity contribution in [3.8, 4) is 5.75 Å². The molecule has 3 rings (SSSR count). The first-order chi connectivity index (χ1) is 12.9. The van der Waals surface area contributed by atoms with Gasteiger partial charge in [0.05, 0.1) is 20.3 Å². The maximum Gasteiger partial charge on any atom is 0.244 e. The highest BCUT2D eigenvalue weighted by Gasteiger charge is 2.26. The number of anilines is 1. The number of hydrogen-bond donors (Lipinski definition) is 0. The van der Waals surface area contributed by atoms with Gasteiger partial charge in [0, 0.05) is 38.4 Å². The van der Waals surface area contributed by atoms with Gasteiger partial charge in [-0.25, -0.2) is 13.4 Å². The Morgan fingerprint density at radius 1 is 1.22 bits per heavy atom. The van der Waals surface area contributed by atoms with Crippen LogP contribution >= 0.6 is 0 Å². The molecule has 0 radical (unpaired) electrons. The number of hydrogen-bond acceptors (Lipinski definition) is 6. The van der Waals surface area contributed by atoms with Crippen molar-refractivity contribution in [2.24, 2.45) is 0 Å². The van der Waals surface area contributed by atoms with Crippen molar-refractivity contribution in [1.29, 1.82) is 0 Å². The monoisotopic (exact) mass is 391 g/mol. The second-order valence-corrected chi connectivity index (χ2v) is 8.48. The molecule has 8 heteroatoms. The molecule has 27 heavy (non-hydrogen) atoms. The van der Waals surface area contributed by atoms with Crippen LogP contribution in [-0.2, 0) is 21.3 Å². The lowest BCUT2D eigenvalue weighted by atomic mass is 10.1. The Kier molecular flexibility index (Phi) is 5.98. The summed E-state index contributed by atoms with van der Waals surface area (Å²) in [5.41, 5.74) is 2.20. The summed E-state index contributed by atoms with van der Waals surface area (Å²) in [6.45, 7) is 4.23. The maximum atomic E-state index is 12.7. The van der Waals surface area contributed by atoms with Gasteiger partial charge in [-0.15, -0.1) is 0 Å². The molecule has 1 aliphatic heterocycles. The minimum atomic E-state index is -3.53. The third-order valence-electron chi connectivity index (χ3n) is 4.56. The average Bonchev–Trinajstić information content (AvgIpc) is 2.69. The van der Waals surface area contributed by atoms with E-state index in [-0.39, 0.29) is 4.90 Å². The van der Waals surface area contributed by atoms with E-state index in [1.165, 1.54) is 10.5 Å². The third-order valence-corrected chi connectivity index (χ3v) is 6.45. The Hall–Kier alpha value is -2.16. The predicted octanol–water partition coefficient (Wildman–Crippen LogP) is 2.06. The summed E-state index contributed by atoms with van der Waals surface area (Å²) in [6.07, 6.45) is 1.42. The Bertz CT molecular complexity index is 878. The molecular formula is C19H25N3O4S. The fraction of sp³-hybridized carbons (Fsp3) is 0.421. The molecule has 1 aliphatic rings. The molecule has 1 saturated heterocycles. The van der Waals surface area contributed by atoms with Gasteiger partial charge in [0.1, 0.15) is 16.5 Å². The van der Waals surface area contributed by atoms with Crippen LogP contribution in [0, 0.1) is 6.92 Å². The molecule has 2 heterocycles. The van der Waals surface area contributed by atoms with Crippen LogP contribution in [0.15, 0.2) is 41.4 Å². The lowest BCUT2D eigenvalue weighted by molar-refractivity contribution is 0.0730. The highest BCUT2D eigenvalue weighted by Crippen LogP contribution is 2.24. The maximum absolute atomic E-state index is 12.7. The summed E-state index contributed by atoms with van der Waals surface area (Å²) >= 11 is 0. The first kappa shape index (κ1) is 19.6. The average molecular weight is 391 g/mol. The van der Waals surface area contributed by atoms with Gasteiger partial charge in [0.25, 0.3) is 0 Å². The molecule has 0 unspecified atom stereocenters. The molecule has 0 atom stereocenters. The van der Waals surface area contributed by atoms with E-state index in [1.54, 1.807) is 19.2 Å². The summed E-state index contributed by atoms with van der Waals surface area (Å²) in [4.78, 5) is 6.53. The Balaban J connectivity index is 1.76. The zero-order valence-electron chi connectivity index (χ0n) is 15.9. The number of rotatable bonds is 6. The lowest BCUT2D eigenvalue weighted by Gasteiger charge is -2.26. The molecule has 0 amide bonds. The van der Waals surface area contributed by atoms with Crippen LogP contribution in [0.2, 0.25) is 0 Å². The Labute approximate surface area is 160 Å². The number of sulfonamides is 1. The molecular weight excluding hydrogens is 366 g/mol. The van der Waals surface area contributed by atoms with Crippen LogP contribution in [0.4, 0.5) is 5.82 Å². The number of nitrogens with zero attached hydrogens (tertiary/aromatic N) is 3. The van der Waals surface area contributed by atoms with Crippen LogP contribution in [-0.4, -0.2) is 58.2 Å². The number of aromatic nitrogens is 1. The largest absolute Gasteiger partial charge is 0.496 e. The summed E-state index contributed by atoms with van der Waals surface area (Å²) in [7, 11) is 0.0401. The fourth-order valence-electron chi connectivity index (χ4n) is 3.05. The van der Waals surface area contributed by atoms with Gasteiger partial charge in [-0.05, 0) is 25.1 Å². The second kappa shape index (κ2) is 8.24. The van der Waals surface area contributed by atoms with Crippen LogP contribution in [0.1, 0.15) is 11.1 Å². The number of methoxy groups -OCH3 is 1. The molecule has 0 N–H and O–H groups in total. The predicted molar refractivity (Wildman–Crippen MR) is 104 cm³/mol. The van der Waals surface area contributed by atoms with Crippen molar-refractivity contribution < 1.29 is 17.9 Å². The number of pyridine rings is 1. The zero-order valence-corrected chi connectivity index (χ0v) is 16.7. The van der Waals surface area contributed by atoms with E-state index >= 15 is 0 Å². The molecule has 1 aromatic carbocycles. The number of ether oxygens (including phenoxy) is 2. The van der Waals surface area contributed by atoms with Gasteiger partial charge in [0.2, 0.25) is 10.0 Å². The lowest BCUT2D eigenvalue weighted by Crippen LogP contribution is -2.40. The van der Waals surface area contributed by atoms with Crippen LogP contribution in [0.5, 0.6) is 5.75 Å². The fourth-order valence-corrected chi connectivity index (χ4v) is 4.41. The van der Waals surface area contributed by atoms with E-state index in [2.05, 4.69) is 11.1 Å². The van der Waals surface area contributed by atoms with E-state index in [0.717, 1.165) is 16.9 Å². The summed E-state index contributed by atoms with van der Waals surface area (Å²) in [6, 6.07) is 9.37. The van der Waals surface area contributed by atoms with Crippen molar-refractivity contribution >= 4 is 15.8 Å². The summed E-state index contributed by atoms with van der Waals surface area (Å²) < 4.78 is 37.5. The normalized spacial score (nSPS) is 15.5. The van der Waals surface area contributed by atoms with E-state index in [1.807, 2.05) is 31.0 Å². The Morgan fingerprint density at radius 2 is 1.96 bits per heavy atom. The van der Waals surface area contributed by atoms with Crippen molar-refractivity contribution in [3.05, 3.63) is 47.7 Å². The van der Waals surface area contributed by atoms with Gasteiger partial charge in [-0.3, -0.25) is 0 Å². The first-order valence-corrected chi connectivity index (χ1v) is 10.2. The van der Waals surface area contributed by atoms with E-state index < -0.39 is 10.0 Å². The van der Waals surface area contributed by atoms with Gasteiger partial charge < -0.3 is 14.4 Å². The quantitative estimate of drug-likeness (QED) is 0.751. The standard InChI is InChI=1S/C19H25N3O4S/c1-15-4-6-18(25-3)16(12-15)14-21(2)19-7-5-17(13-20-19)27(23,24)22-8-10-26-11-9-22/h4-7,12-13H,8-11,14H2,1-3H3. The van der Waals surface area contributed by atoms with Crippen LogP contribution in [0.25, 0.3) is 0 Å². The molecule has 0 spiro atoms. The van der Waals surface area contributed by atoms with Crippen LogP contribution < -0.4 is 9.64 Å².